The van der Waals surface area contributed by atoms with Gasteiger partial charge in [0, 0.05) is 17.2 Å². The Bertz CT molecular complexity index is 494. The molecule has 1 N–H and O–H groups in total. The first-order chi connectivity index (χ1) is 7.66. The van der Waals surface area contributed by atoms with Crippen molar-refractivity contribution in [3.05, 3.63) is 44.2 Å². The summed E-state index contributed by atoms with van der Waals surface area (Å²) in [6, 6.07) is 2.05. The molecule has 0 aromatic carbocycles. The Labute approximate surface area is 108 Å². The number of nitrogens with one attached hydrogen (secondary N) is 1. The Hall–Kier alpha value is -0.870. The van der Waals surface area contributed by atoms with Crippen LogP contribution in [-0.2, 0) is 6.54 Å². The first kappa shape index (κ1) is 11.6. The zero-order valence-corrected chi connectivity index (χ0v) is 11.7. The smallest absolute Gasteiger partial charge is 0.126 e. The summed E-state index contributed by atoms with van der Waals surface area (Å²) in [7, 11) is 0. The van der Waals surface area contributed by atoms with Gasteiger partial charge in [0.25, 0.3) is 0 Å². The molecule has 0 atom stereocenters. The topological polar surface area (TPSA) is 24.9 Å². The Morgan fingerprint density at radius 3 is 2.75 bits per heavy atom. The number of rotatable bonds is 3. The van der Waals surface area contributed by atoms with Crippen molar-refractivity contribution in [3.8, 4) is 0 Å². The van der Waals surface area contributed by atoms with Crippen LogP contribution in [0.4, 0.5) is 5.82 Å². The van der Waals surface area contributed by atoms with Crippen molar-refractivity contribution >= 4 is 33.1 Å². The van der Waals surface area contributed by atoms with Crippen LogP contribution in [-0.4, -0.2) is 4.98 Å². The monoisotopic (exact) mass is 296 g/mol. The molecule has 0 spiro atoms. The molecule has 0 aliphatic heterocycles. The van der Waals surface area contributed by atoms with Crippen molar-refractivity contribution in [2.75, 3.05) is 5.32 Å². The van der Waals surface area contributed by atoms with E-state index in [0.717, 1.165) is 16.8 Å². The number of aryl methyl sites for hydroxylation is 2. The van der Waals surface area contributed by atoms with Gasteiger partial charge in [-0.3, -0.25) is 0 Å². The maximum atomic E-state index is 4.31. The lowest BCUT2D eigenvalue weighted by Gasteiger charge is -2.06. The fraction of sp³-hybridized carbons (Fsp3) is 0.250. The van der Waals surface area contributed by atoms with Gasteiger partial charge in [0.2, 0.25) is 0 Å². The Morgan fingerprint density at radius 1 is 1.31 bits per heavy atom. The normalized spacial score (nSPS) is 10.4. The van der Waals surface area contributed by atoms with Crippen LogP contribution in [0.3, 0.4) is 0 Å². The SMILES string of the molecule is Cc1cc(NCc2cscc2C)ncc1Br. The summed E-state index contributed by atoms with van der Waals surface area (Å²) in [6.07, 6.45) is 1.83. The minimum atomic E-state index is 0.837. The van der Waals surface area contributed by atoms with E-state index in [1.54, 1.807) is 11.3 Å². The van der Waals surface area contributed by atoms with Crippen molar-refractivity contribution < 1.29 is 0 Å². The Balaban J connectivity index is 2.05. The highest BCUT2D eigenvalue weighted by Gasteiger charge is 2.01. The van der Waals surface area contributed by atoms with Crippen LogP contribution in [0.25, 0.3) is 0 Å². The van der Waals surface area contributed by atoms with Crippen LogP contribution < -0.4 is 5.32 Å². The van der Waals surface area contributed by atoms with Gasteiger partial charge in [-0.2, -0.15) is 11.3 Å². The predicted molar refractivity (Wildman–Crippen MR) is 73.1 cm³/mol. The maximum Gasteiger partial charge on any atom is 0.126 e. The predicted octanol–water partition coefficient (Wildman–Crippen LogP) is 4.13. The van der Waals surface area contributed by atoms with Crippen LogP contribution in [0.2, 0.25) is 0 Å². The van der Waals surface area contributed by atoms with Crippen LogP contribution in [0.5, 0.6) is 0 Å². The van der Waals surface area contributed by atoms with Gasteiger partial charge < -0.3 is 5.32 Å². The molecule has 0 aliphatic carbocycles. The molecule has 2 aromatic rings. The lowest BCUT2D eigenvalue weighted by Crippen LogP contribution is -2.01. The van der Waals surface area contributed by atoms with Gasteiger partial charge in [-0.25, -0.2) is 4.98 Å². The zero-order chi connectivity index (χ0) is 11.5. The van der Waals surface area contributed by atoms with Crippen molar-refractivity contribution in [3.63, 3.8) is 0 Å². The Kier molecular flexibility index (Phi) is 3.61. The number of hydrogen-bond acceptors (Lipinski definition) is 3. The summed E-state index contributed by atoms with van der Waals surface area (Å²) >= 11 is 5.18. The quantitative estimate of drug-likeness (QED) is 0.921. The minimum Gasteiger partial charge on any atom is -0.366 e. The summed E-state index contributed by atoms with van der Waals surface area (Å²) in [5, 5.41) is 7.67. The third-order valence-electron chi connectivity index (χ3n) is 2.47. The molecule has 84 valence electrons. The van der Waals surface area contributed by atoms with Crippen LogP contribution >= 0.6 is 27.3 Å². The van der Waals surface area contributed by atoms with Crippen LogP contribution in [0, 0.1) is 13.8 Å². The third kappa shape index (κ3) is 2.62. The number of aromatic nitrogens is 1. The summed E-state index contributed by atoms with van der Waals surface area (Å²) in [6.45, 7) is 5.03. The van der Waals surface area contributed by atoms with E-state index in [9.17, 15) is 0 Å². The summed E-state index contributed by atoms with van der Waals surface area (Å²) in [5.41, 5.74) is 3.87. The van der Waals surface area contributed by atoms with Gasteiger partial charge in [-0.15, -0.1) is 0 Å². The molecule has 2 heterocycles. The molecular weight excluding hydrogens is 284 g/mol. The van der Waals surface area contributed by atoms with Crippen molar-refractivity contribution in [1.29, 1.82) is 0 Å². The highest BCUT2D eigenvalue weighted by Crippen LogP contribution is 2.19. The largest absolute Gasteiger partial charge is 0.366 e. The number of nitrogens with zero attached hydrogens (tertiary/aromatic N) is 1. The third-order valence-corrected chi connectivity index (χ3v) is 4.21. The first-order valence-corrected chi connectivity index (χ1v) is 6.78. The number of halogens is 1. The molecule has 0 saturated carbocycles. The molecule has 4 heteroatoms. The van der Waals surface area contributed by atoms with E-state index in [4.69, 9.17) is 0 Å². The molecule has 2 rings (SSSR count). The molecule has 0 radical (unpaired) electrons. The van der Waals surface area contributed by atoms with Gasteiger partial charge in [0.15, 0.2) is 0 Å². The average molecular weight is 297 g/mol. The van der Waals surface area contributed by atoms with Crippen LogP contribution in [0.1, 0.15) is 16.7 Å². The second-order valence-electron chi connectivity index (χ2n) is 3.75. The molecule has 2 nitrogen and oxygen atoms in total. The van der Waals surface area contributed by atoms with Gasteiger partial charge in [0.1, 0.15) is 5.82 Å². The van der Waals surface area contributed by atoms with Crippen molar-refractivity contribution in [2.45, 2.75) is 20.4 Å². The van der Waals surface area contributed by atoms with E-state index >= 15 is 0 Å². The maximum absolute atomic E-state index is 4.31. The van der Waals surface area contributed by atoms with Gasteiger partial charge in [-0.1, -0.05) is 0 Å². The fourth-order valence-corrected chi connectivity index (χ4v) is 2.46. The summed E-state index contributed by atoms with van der Waals surface area (Å²) in [5.74, 6) is 0.923. The first-order valence-electron chi connectivity index (χ1n) is 5.04. The molecule has 0 bridgehead atoms. The molecule has 0 unspecified atom stereocenters. The average Bonchev–Trinajstić information content (AvgIpc) is 2.66. The van der Waals surface area contributed by atoms with E-state index in [-0.39, 0.29) is 0 Å². The number of pyridine rings is 1. The van der Waals surface area contributed by atoms with Gasteiger partial charge in [-0.05, 0) is 63.3 Å². The van der Waals surface area contributed by atoms with Crippen molar-refractivity contribution in [1.82, 2.24) is 4.98 Å². The van der Waals surface area contributed by atoms with E-state index in [1.165, 1.54) is 16.7 Å². The highest BCUT2D eigenvalue weighted by molar-refractivity contribution is 9.10. The lowest BCUT2D eigenvalue weighted by atomic mass is 10.2. The molecule has 16 heavy (non-hydrogen) atoms. The second kappa shape index (κ2) is 4.97. The van der Waals surface area contributed by atoms with Crippen LogP contribution in [0.15, 0.2) is 27.5 Å². The fourth-order valence-electron chi connectivity index (χ4n) is 1.39. The standard InChI is InChI=1S/C12H13BrN2S/c1-8-3-12(15-5-11(8)13)14-4-10-7-16-6-9(10)2/h3,5-7H,4H2,1-2H3,(H,14,15). The highest BCUT2D eigenvalue weighted by atomic mass is 79.9. The van der Waals surface area contributed by atoms with E-state index in [2.05, 4.69) is 50.8 Å². The van der Waals surface area contributed by atoms with E-state index < -0.39 is 0 Å². The summed E-state index contributed by atoms with van der Waals surface area (Å²) < 4.78 is 1.05. The molecule has 0 amide bonds. The van der Waals surface area contributed by atoms with Gasteiger partial charge >= 0.3 is 0 Å². The molecular formula is C12H13BrN2S. The van der Waals surface area contributed by atoms with E-state index in [1.807, 2.05) is 12.3 Å². The molecule has 2 aromatic heterocycles. The number of hydrogen-bond donors (Lipinski definition) is 1. The second-order valence-corrected chi connectivity index (χ2v) is 5.35. The Morgan fingerprint density at radius 2 is 2.12 bits per heavy atom. The van der Waals surface area contributed by atoms with Gasteiger partial charge in [0.05, 0.1) is 0 Å². The van der Waals surface area contributed by atoms with E-state index in [0.29, 0.717) is 0 Å². The molecule has 0 fully saturated rings. The minimum absolute atomic E-state index is 0.837. The summed E-state index contributed by atoms with van der Waals surface area (Å²) in [4.78, 5) is 4.31. The molecule has 0 saturated heterocycles. The molecule has 0 aliphatic rings. The zero-order valence-electron chi connectivity index (χ0n) is 9.25. The lowest BCUT2D eigenvalue weighted by molar-refractivity contribution is 1.09. The number of thiophene rings is 1. The van der Waals surface area contributed by atoms with Crippen molar-refractivity contribution in [2.24, 2.45) is 0 Å². The number of anilines is 1.